The third kappa shape index (κ3) is 5.45. The summed E-state index contributed by atoms with van der Waals surface area (Å²) in [6.45, 7) is 4.94. The quantitative estimate of drug-likeness (QED) is 0.425. The van der Waals surface area contributed by atoms with Gasteiger partial charge in [0.1, 0.15) is 0 Å². The van der Waals surface area contributed by atoms with Crippen molar-refractivity contribution in [2.24, 2.45) is 5.92 Å². The molecule has 2 aromatic carbocycles. The molecule has 2 heterocycles. The Balaban J connectivity index is 1.93. The number of carbonyl (C=O) groups excluding carboxylic acids is 1. The molecule has 0 bridgehead atoms. The molecule has 0 fully saturated rings. The second-order valence-electron chi connectivity index (χ2n) is 9.93. The van der Waals surface area contributed by atoms with Gasteiger partial charge in [-0.1, -0.05) is 54.4 Å². The van der Waals surface area contributed by atoms with E-state index in [4.69, 9.17) is 43.6 Å². The first-order valence-electron chi connectivity index (χ1n) is 11.7. The van der Waals surface area contributed by atoms with Gasteiger partial charge in [-0.2, -0.15) is 0 Å². The summed E-state index contributed by atoms with van der Waals surface area (Å²) in [4.78, 5) is 20.0. The summed E-state index contributed by atoms with van der Waals surface area (Å²) in [5.74, 6) is -1.02. The number of hydrogen-bond donors (Lipinski definition) is 2. The average Bonchev–Trinajstić information content (AvgIpc) is 3.06. The number of nitrogens with zero attached hydrogens (tertiary/aromatic N) is 2. The molecule has 0 saturated carbocycles. The van der Waals surface area contributed by atoms with Crippen molar-refractivity contribution < 1.29 is 19.7 Å². The first-order valence-corrected chi connectivity index (χ1v) is 12.5. The molecule has 2 atom stereocenters. The standard InChI is InChI=1S/C27H26B2Cl2N2O4/c1-16(27(28,29)36)15-37-26(17-4-7-19(30)8-5-17)23-11-6-18(25(2,3)35)12-22(23)24(34)33(26)14-21-10-9-20(31)13-32-21/h4-13,16,35-36H,14-15H2,1-3H3/t16-,26-/m1/s1. The number of rotatable bonds is 8. The molecule has 1 aromatic heterocycles. The van der Waals surface area contributed by atoms with Crippen LogP contribution in [-0.4, -0.2) is 53.7 Å². The maximum absolute atomic E-state index is 14.0. The predicted octanol–water partition coefficient (Wildman–Crippen LogP) is 4.11. The molecule has 3 aromatic rings. The Kier molecular flexibility index (Phi) is 7.54. The van der Waals surface area contributed by atoms with Crippen molar-refractivity contribution in [1.29, 1.82) is 0 Å². The third-order valence-corrected chi connectivity index (χ3v) is 7.10. The third-order valence-electron chi connectivity index (χ3n) is 6.62. The van der Waals surface area contributed by atoms with E-state index in [0.29, 0.717) is 38.0 Å². The summed E-state index contributed by atoms with van der Waals surface area (Å²) in [7, 11) is 11.5. The molecule has 1 amide bonds. The van der Waals surface area contributed by atoms with Crippen LogP contribution in [0, 0.1) is 5.92 Å². The van der Waals surface area contributed by atoms with E-state index >= 15 is 0 Å². The zero-order valence-corrected chi connectivity index (χ0v) is 22.3. The number of carbonyl (C=O) groups is 1. The zero-order valence-electron chi connectivity index (χ0n) is 20.8. The molecule has 1 aliphatic heterocycles. The van der Waals surface area contributed by atoms with Crippen LogP contribution >= 0.6 is 23.2 Å². The van der Waals surface area contributed by atoms with Crippen LogP contribution in [0.4, 0.5) is 0 Å². The van der Waals surface area contributed by atoms with Crippen LogP contribution in [0.25, 0.3) is 0 Å². The van der Waals surface area contributed by atoms with Gasteiger partial charge >= 0.3 is 0 Å². The maximum atomic E-state index is 14.0. The lowest BCUT2D eigenvalue weighted by Gasteiger charge is -2.41. The molecule has 0 aliphatic carbocycles. The molecule has 0 unspecified atom stereocenters. The minimum atomic E-state index is -2.00. The number of fused-ring (bicyclic) bond motifs is 1. The van der Waals surface area contributed by atoms with Gasteiger partial charge in [-0.25, -0.2) is 0 Å². The van der Waals surface area contributed by atoms with Crippen molar-refractivity contribution in [3.05, 3.63) is 98.8 Å². The Bertz CT molecular complexity index is 1290. The minimum Gasteiger partial charge on any atom is -0.409 e. The smallest absolute Gasteiger partial charge is 0.257 e. The summed E-state index contributed by atoms with van der Waals surface area (Å²) in [6, 6.07) is 15.6. The number of hydrogen-bond acceptors (Lipinski definition) is 5. The van der Waals surface area contributed by atoms with E-state index in [1.807, 2.05) is 0 Å². The number of ether oxygens (including phenoxy) is 1. The fourth-order valence-electron chi connectivity index (χ4n) is 4.28. The molecule has 4 radical (unpaired) electrons. The molecule has 0 saturated heterocycles. The first kappa shape index (κ1) is 27.7. The van der Waals surface area contributed by atoms with Gasteiger partial charge in [0.2, 0.25) is 0 Å². The Morgan fingerprint density at radius 2 is 1.70 bits per heavy atom. The first-order chi connectivity index (χ1) is 17.2. The molecule has 4 rings (SSSR count). The summed E-state index contributed by atoms with van der Waals surface area (Å²) in [5, 5.41) is 19.8. The van der Waals surface area contributed by atoms with Crippen LogP contribution in [0.15, 0.2) is 60.8 Å². The second kappa shape index (κ2) is 10.1. The lowest BCUT2D eigenvalue weighted by atomic mass is 9.59. The van der Waals surface area contributed by atoms with Gasteiger partial charge in [0.05, 0.1) is 45.2 Å². The molecular weight excluding hydrogens is 509 g/mol. The van der Waals surface area contributed by atoms with Crippen molar-refractivity contribution in [1.82, 2.24) is 9.88 Å². The number of amides is 1. The fourth-order valence-corrected chi connectivity index (χ4v) is 4.52. The van der Waals surface area contributed by atoms with Gasteiger partial charge in [0, 0.05) is 27.9 Å². The Morgan fingerprint density at radius 1 is 1.05 bits per heavy atom. The van der Waals surface area contributed by atoms with Crippen molar-refractivity contribution >= 4 is 44.8 Å². The Hall–Kier alpha value is -2.35. The predicted molar refractivity (Wildman–Crippen MR) is 145 cm³/mol. The van der Waals surface area contributed by atoms with Crippen LogP contribution in [0.5, 0.6) is 0 Å². The van der Waals surface area contributed by atoms with Gasteiger partial charge in [-0.05, 0) is 61.1 Å². The topological polar surface area (TPSA) is 82.9 Å². The molecule has 1 aliphatic rings. The largest absolute Gasteiger partial charge is 0.409 e. The Labute approximate surface area is 229 Å². The monoisotopic (exact) mass is 534 g/mol. The minimum absolute atomic E-state index is 0.0784. The van der Waals surface area contributed by atoms with E-state index in [2.05, 4.69) is 4.98 Å². The van der Waals surface area contributed by atoms with E-state index in [1.165, 1.54) is 6.20 Å². The van der Waals surface area contributed by atoms with E-state index in [-0.39, 0.29) is 19.1 Å². The van der Waals surface area contributed by atoms with E-state index in [1.54, 1.807) is 80.3 Å². The van der Waals surface area contributed by atoms with Crippen LogP contribution < -0.4 is 0 Å². The van der Waals surface area contributed by atoms with Gasteiger partial charge in [0.25, 0.3) is 5.91 Å². The SMILES string of the molecule is [B]C([B])(O)[C@H](C)CO[C@]1(c2ccc(Cl)cc2)c2ccc(C(C)(C)O)cc2C(=O)N1Cc1ccc(Cl)cn1. The van der Waals surface area contributed by atoms with E-state index in [0.717, 1.165) is 0 Å². The molecule has 2 N–H and O–H groups in total. The highest BCUT2D eigenvalue weighted by Crippen LogP contribution is 2.47. The summed E-state index contributed by atoms with van der Waals surface area (Å²) < 4.78 is 6.56. The number of aliphatic hydroxyl groups is 2. The van der Waals surface area contributed by atoms with Crippen molar-refractivity contribution in [2.45, 2.75) is 44.0 Å². The Morgan fingerprint density at radius 3 is 2.27 bits per heavy atom. The van der Waals surface area contributed by atoms with E-state index in [9.17, 15) is 15.0 Å². The maximum Gasteiger partial charge on any atom is 0.257 e. The molecule has 188 valence electrons. The lowest BCUT2D eigenvalue weighted by molar-refractivity contribution is -0.127. The second-order valence-corrected chi connectivity index (χ2v) is 10.8. The number of aromatic nitrogens is 1. The molecule has 37 heavy (non-hydrogen) atoms. The number of pyridine rings is 1. The highest BCUT2D eigenvalue weighted by atomic mass is 35.5. The zero-order chi connectivity index (χ0) is 27.2. The average molecular weight is 535 g/mol. The number of halogens is 2. The molecule has 10 heteroatoms. The van der Waals surface area contributed by atoms with Gasteiger partial charge in [-0.15, -0.1) is 0 Å². The van der Waals surface area contributed by atoms with Gasteiger partial charge in [-0.3, -0.25) is 14.7 Å². The fraction of sp³-hybridized carbons (Fsp3) is 0.333. The highest BCUT2D eigenvalue weighted by molar-refractivity contribution is 6.39. The van der Waals surface area contributed by atoms with Crippen LogP contribution in [0.1, 0.15) is 53.5 Å². The lowest BCUT2D eigenvalue weighted by Crippen LogP contribution is -2.49. The van der Waals surface area contributed by atoms with Crippen LogP contribution in [0.2, 0.25) is 10.0 Å². The molecule has 0 spiro atoms. The summed E-state index contributed by atoms with van der Waals surface area (Å²) >= 11 is 12.2. The number of benzene rings is 2. The van der Waals surface area contributed by atoms with Crippen molar-refractivity contribution in [3.63, 3.8) is 0 Å². The highest BCUT2D eigenvalue weighted by Gasteiger charge is 2.53. The van der Waals surface area contributed by atoms with Crippen molar-refractivity contribution in [2.75, 3.05) is 6.61 Å². The van der Waals surface area contributed by atoms with E-state index < -0.39 is 22.6 Å². The molecule has 6 nitrogen and oxygen atoms in total. The van der Waals surface area contributed by atoms with Gasteiger partial charge < -0.3 is 14.9 Å². The van der Waals surface area contributed by atoms with Crippen LogP contribution in [-0.2, 0) is 22.6 Å². The molecular formula is C27H26B2Cl2N2O4. The van der Waals surface area contributed by atoms with Crippen molar-refractivity contribution in [3.8, 4) is 0 Å². The van der Waals surface area contributed by atoms with Crippen LogP contribution in [0.3, 0.4) is 0 Å². The summed E-state index contributed by atoms with van der Waals surface area (Å²) in [6.07, 6.45) is 1.51. The summed E-state index contributed by atoms with van der Waals surface area (Å²) in [5.41, 5.74) is 0.0991. The van der Waals surface area contributed by atoms with Gasteiger partial charge in [0.15, 0.2) is 5.72 Å². The normalized spacial score (nSPS) is 18.7.